The Balaban J connectivity index is 2.80. The summed E-state index contributed by atoms with van der Waals surface area (Å²) in [6.45, 7) is 7.77. The molecule has 0 saturated heterocycles. The van der Waals surface area contributed by atoms with Crippen molar-refractivity contribution in [1.29, 1.82) is 0 Å². The lowest BCUT2D eigenvalue weighted by atomic mass is 9.82. The number of hydrogen-bond acceptors (Lipinski definition) is 3. The van der Waals surface area contributed by atoms with Crippen molar-refractivity contribution in [2.75, 3.05) is 0 Å². The Morgan fingerprint density at radius 2 is 1.81 bits per heavy atom. The number of hydrogen-bond donors (Lipinski definition) is 0. The minimum Gasteiger partial charge on any atom is -0.339 e. The maximum Gasteiger partial charge on any atom is 0.397 e. The molecule has 0 unspecified atom stereocenters. The lowest BCUT2D eigenvalue weighted by molar-refractivity contribution is -0.131. The first kappa shape index (κ1) is 13.0. The Bertz CT molecular complexity index is 352. The van der Waals surface area contributed by atoms with Crippen LogP contribution in [0.4, 0.5) is 13.2 Å². The molecular weight excluding hydrogens is 221 g/mol. The van der Waals surface area contributed by atoms with Crippen molar-refractivity contribution in [3.05, 3.63) is 11.7 Å². The van der Waals surface area contributed by atoms with Gasteiger partial charge < -0.3 is 4.52 Å². The summed E-state index contributed by atoms with van der Waals surface area (Å²) >= 11 is 0. The van der Waals surface area contributed by atoms with Gasteiger partial charge in [-0.15, -0.1) is 0 Å². The number of halogens is 3. The summed E-state index contributed by atoms with van der Waals surface area (Å²) in [5, 5.41) is 3.58. The van der Waals surface area contributed by atoms with Gasteiger partial charge in [0.15, 0.2) is 5.82 Å². The molecule has 0 fully saturated rings. The van der Waals surface area contributed by atoms with Crippen molar-refractivity contribution < 1.29 is 17.7 Å². The van der Waals surface area contributed by atoms with Crippen LogP contribution in [0.2, 0.25) is 0 Å². The summed E-state index contributed by atoms with van der Waals surface area (Å²) in [5.74, 6) is -0.108. The van der Waals surface area contributed by atoms with E-state index in [4.69, 9.17) is 0 Å². The van der Waals surface area contributed by atoms with Crippen LogP contribution in [0.3, 0.4) is 0 Å². The van der Waals surface area contributed by atoms with Gasteiger partial charge in [-0.05, 0) is 5.41 Å². The van der Waals surface area contributed by atoms with Crippen LogP contribution >= 0.6 is 0 Å². The highest BCUT2D eigenvalue weighted by molar-refractivity contribution is 4.99. The molecule has 92 valence electrons. The van der Waals surface area contributed by atoms with Crippen molar-refractivity contribution >= 4 is 0 Å². The number of alkyl halides is 3. The molecule has 0 spiro atoms. The van der Waals surface area contributed by atoms with Crippen LogP contribution in [0.1, 0.15) is 45.3 Å². The molecule has 0 bridgehead atoms. The molecule has 0 aliphatic rings. The van der Waals surface area contributed by atoms with Crippen LogP contribution in [0.15, 0.2) is 4.52 Å². The summed E-state index contributed by atoms with van der Waals surface area (Å²) in [6.07, 6.45) is -5.48. The van der Waals surface area contributed by atoms with Crippen molar-refractivity contribution in [1.82, 2.24) is 10.1 Å². The maximum atomic E-state index is 12.1. The van der Waals surface area contributed by atoms with Crippen LogP contribution in [0.5, 0.6) is 0 Å². The van der Waals surface area contributed by atoms with Gasteiger partial charge in [-0.2, -0.15) is 18.2 Å². The van der Waals surface area contributed by atoms with E-state index < -0.39 is 12.6 Å². The normalized spacial score (nSPS) is 15.2. The molecule has 1 atom stereocenters. The first-order valence-electron chi connectivity index (χ1n) is 4.99. The van der Waals surface area contributed by atoms with E-state index in [0.717, 1.165) is 0 Å². The summed E-state index contributed by atoms with van der Waals surface area (Å²) in [4.78, 5) is 3.76. The summed E-state index contributed by atoms with van der Waals surface area (Å²) in [7, 11) is 0. The van der Waals surface area contributed by atoms with Gasteiger partial charge in [-0.25, -0.2) is 0 Å². The minimum absolute atomic E-state index is 0.0572. The van der Waals surface area contributed by atoms with Gasteiger partial charge >= 0.3 is 6.18 Å². The minimum atomic E-state index is -4.31. The fourth-order valence-electron chi connectivity index (χ4n) is 1.07. The van der Waals surface area contributed by atoms with E-state index in [9.17, 15) is 13.2 Å². The second-order valence-corrected chi connectivity index (χ2v) is 4.93. The lowest BCUT2D eigenvalue weighted by Gasteiger charge is -2.23. The Hall–Kier alpha value is -1.07. The van der Waals surface area contributed by atoms with Crippen LogP contribution in [-0.4, -0.2) is 16.3 Å². The van der Waals surface area contributed by atoms with Crippen molar-refractivity contribution in [3.63, 3.8) is 0 Å². The third-order valence-corrected chi connectivity index (χ3v) is 2.52. The van der Waals surface area contributed by atoms with Crippen molar-refractivity contribution in [2.24, 2.45) is 5.41 Å². The lowest BCUT2D eigenvalue weighted by Crippen LogP contribution is -2.17. The highest BCUT2D eigenvalue weighted by Crippen LogP contribution is 2.33. The van der Waals surface area contributed by atoms with E-state index in [2.05, 4.69) is 14.7 Å². The van der Waals surface area contributed by atoms with Crippen LogP contribution in [0, 0.1) is 5.41 Å². The van der Waals surface area contributed by atoms with E-state index in [0.29, 0.717) is 5.82 Å². The van der Waals surface area contributed by atoms with E-state index in [-0.39, 0.29) is 17.2 Å². The zero-order chi connectivity index (χ0) is 12.6. The molecule has 0 radical (unpaired) electrons. The standard InChI is InChI=1S/C10H15F3N2O/c1-6(9(2,3)4)8-14-7(16-15-8)5-10(11,12)13/h6H,5H2,1-4H3/t6-/m1/s1. The molecule has 3 nitrogen and oxygen atoms in total. The molecule has 0 aromatic carbocycles. The van der Waals surface area contributed by atoms with Gasteiger partial charge in [0.1, 0.15) is 6.42 Å². The van der Waals surface area contributed by atoms with E-state index in [1.165, 1.54) is 0 Å². The molecule has 0 amide bonds. The second kappa shape index (κ2) is 4.07. The molecule has 16 heavy (non-hydrogen) atoms. The highest BCUT2D eigenvalue weighted by Gasteiger charge is 2.32. The van der Waals surface area contributed by atoms with Crippen LogP contribution in [0.25, 0.3) is 0 Å². The molecule has 1 heterocycles. The van der Waals surface area contributed by atoms with Gasteiger partial charge in [0.2, 0.25) is 5.89 Å². The monoisotopic (exact) mass is 236 g/mol. The Labute approximate surface area is 92.0 Å². The zero-order valence-corrected chi connectivity index (χ0v) is 9.72. The molecule has 0 saturated carbocycles. The largest absolute Gasteiger partial charge is 0.397 e. The van der Waals surface area contributed by atoms with Crippen LogP contribution < -0.4 is 0 Å². The predicted octanol–water partition coefficient (Wildman–Crippen LogP) is 3.32. The fourth-order valence-corrected chi connectivity index (χ4v) is 1.07. The number of nitrogens with zero attached hydrogens (tertiary/aromatic N) is 2. The quantitative estimate of drug-likeness (QED) is 0.790. The topological polar surface area (TPSA) is 38.9 Å². The first-order valence-corrected chi connectivity index (χ1v) is 4.99. The average molecular weight is 236 g/mol. The van der Waals surface area contributed by atoms with Gasteiger partial charge in [-0.1, -0.05) is 32.9 Å². The van der Waals surface area contributed by atoms with Gasteiger partial charge in [0, 0.05) is 5.92 Å². The highest BCUT2D eigenvalue weighted by atomic mass is 19.4. The summed E-state index contributed by atoms with van der Waals surface area (Å²) < 4.78 is 40.7. The molecule has 1 aromatic rings. The van der Waals surface area contributed by atoms with Crippen molar-refractivity contribution in [2.45, 2.75) is 46.2 Å². The van der Waals surface area contributed by atoms with Gasteiger partial charge in [-0.3, -0.25) is 0 Å². The number of rotatable bonds is 2. The predicted molar refractivity (Wildman–Crippen MR) is 51.9 cm³/mol. The van der Waals surface area contributed by atoms with E-state index >= 15 is 0 Å². The summed E-state index contributed by atoms with van der Waals surface area (Å²) in [5.41, 5.74) is -0.112. The number of aromatic nitrogens is 2. The zero-order valence-electron chi connectivity index (χ0n) is 9.72. The second-order valence-electron chi connectivity index (χ2n) is 4.93. The van der Waals surface area contributed by atoms with Gasteiger partial charge in [0.05, 0.1) is 0 Å². The van der Waals surface area contributed by atoms with Crippen molar-refractivity contribution in [3.8, 4) is 0 Å². The van der Waals surface area contributed by atoms with Crippen LogP contribution in [-0.2, 0) is 6.42 Å². The van der Waals surface area contributed by atoms with E-state index in [1.54, 1.807) is 0 Å². The SMILES string of the molecule is C[C@H](c1noc(CC(F)(F)F)n1)C(C)(C)C. The first-order chi connectivity index (χ1) is 7.09. The molecule has 0 N–H and O–H groups in total. The smallest absolute Gasteiger partial charge is 0.339 e. The maximum absolute atomic E-state index is 12.1. The molecule has 0 aliphatic carbocycles. The molecule has 6 heteroatoms. The third-order valence-electron chi connectivity index (χ3n) is 2.52. The Morgan fingerprint density at radius 1 is 1.25 bits per heavy atom. The third kappa shape index (κ3) is 3.50. The van der Waals surface area contributed by atoms with Gasteiger partial charge in [0.25, 0.3) is 0 Å². The molecule has 1 aromatic heterocycles. The molecular formula is C10H15F3N2O. The Morgan fingerprint density at radius 3 is 2.25 bits per heavy atom. The summed E-state index contributed by atoms with van der Waals surface area (Å²) in [6, 6.07) is 0. The average Bonchev–Trinajstić information content (AvgIpc) is 2.46. The molecule has 0 aliphatic heterocycles. The van der Waals surface area contributed by atoms with E-state index in [1.807, 2.05) is 27.7 Å². The fraction of sp³-hybridized carbons (Fsp3) is 0.800. The Kier molecular flexibility index (Phi) is 3.30. The molecule has 1 rings (SSSR count).